The molecule has 0 N–H and O–H groups in total. The van der Waals surface area contributed by atoms with E-state index in [1.807, 2.05) is 0 Å². The molecule has 0 spiro atoms. The number of hydrogen-bond acceptors (Lipinski definition) is 6. The van der Waals surface area contributed by atoms with Crippen LogP contribution in [0.2, 0.25) is 0 Å². The van der Waals surface area contributed by atoms with Gasteiger partial charge < -0.3 is 14.2 Å². The molecule has 6 heteroatoms. The van der Waals surface area contributed by atoms with E-state index in [1.165, 1.54) is 135 Å². The van der Waals surface area contributed by atoms with Crippen LogP contribution < -0.4 is 0 Å². The van der Waals surface area contributed by atoms with Crippen LogP contribution in [0.1, 0.15) is 284 Å². The van der Waals surface area contributed by atoms with E-state index in [9.17, 15) is 14.4 Å². The second-order valence-electron chi connectivity index (χ2n) is 19.5. The summed E-state index contributed by atoms with van der Waals surface area (Å²) < 4.78 is 16.8. The molecule has 0 fully saturated rings. The first-order valence-corrected chi connectivity index (χ1v) is 29.6. The zero-order chi connectivity index (χ0) is 50.7. The van der Waals surface area contributed by atoms with Crippen molar-refractivity contribution in [2.45, 2.75) is 290 Å². The van der Waals surface area contributed by atoms with Gasteiger partial charge in [-0.3, -0.25) is 14.4 Å². The summed E-state index contributed by atoms with van der Waals surface area (Å²) in [7, 11) is 0. The maximum absolute atomic E-state index is 12.8. The van der Waals surface area contributed by atoms with Gasteiger partial charge in [-0.1, -0.05) is 254 Å². The molecule has 0 heterocycles. The number of carbonyl (C=O) groups excluding carboxylic acids is 3. The van der Waals surface area contributed by atoms with Crippen LogP contribution >= 0.6 is 0 Å². The van der Waals surface area contributed by atoms with Crippen molar-refractivity contribution in [3.63, 3.8) is 0 Å². The van der Waals surface area contributed by atoms with E-state index in [1.54, 1.807) is 0 Å². The predicted molar refractivity (Wildman–Crippen MR) is 302 cm³/mol. The van der Waals surface area contributed by atoms with Crippen LogP contribution in [0.3, 0.4) is 0 Å². The first-order valence-electron chi connectivity index (χ1n) is 29.6. The fraction of sp³-hybridized carbons (Fsp3) is 0.734. The zero-order valence-electron chi connectivity index (χ0n) is 46.0. The van der Waals surface area contributed by atoms with Crippen molar-refractivity contribution in [1.82, 2.24) is 0 Å². The number of ether oxygens (including phenoxy) is 3. The number of rotatable bonds is 53. The van der Waals surface area contributed by atoms with E-state index in [0.717, 1.165) is 109 Å². The molecule has 1 atom stereocenters. The van der Waals surface area contributed by atoms with E-state index in [0.29, 0.717) is 19.3 Å². The lowest BCUT2D eigenvalue weighted by molar-refractivity contribution is -0.167. The molecule has 0 amide bonds. The molecule has 1 unspecified atom stereocenters. The van der Waals surface area contributed by atoms with Gasteiger partial charge in [0.2, 0.25) is 0 Å². The van der Waals surface area contributed by atoms with Gasteiger partial charge in [0.1, 0.15) is 13.2 Å². The molecule has 70 heavy (non-hydrogen) atoms. The summed E-state index contributed by atoms with van der Waals surface area (Å²) >= 11 is 0. The summed E-state index contributed by atoms with van der Waals surface area (Å²) in [6, 6.07) is 0. The topological polar surface area (TPSA) is 78.9 Å². The molecule has 0 aromatic heterocycles. The summed E-state index contributed by atoms with van der Waals surface area (Å²) in [4.78, 5) is 37.9. The highest BCUT2D eigenvalue weighted by Crippen LogP contribution is 2.15. The monoisotopic (exact) mass is 975 g/mol. The van der Waals surface area contributed by atoms with Crippen molar-refractivity contribution in [1.29, 1.82) is 0 Å². The van der Waals surface area contributed by atoms with Gasteiger partial charge in [0, 0.05) is 19.3 Å². The molecule has 0 radical (unpaired) electrons. The Balaban J connectivity index is 4.15. The Kier molecular flexibility index (Phi) is 55.3. The summed E-state index contributed by atoms with van der Waals surface area (Å²) in [5.74, 6) is -0.900. The molecule has 402 valence electrons. The summed E-state index contributed by atoms with van der Waals surface area (Å²) in [5.41, 5.74) is 0. The lowest BCUT2D eigenvalue weighted by Gasteiger charge is -2.18. The van der Waals surface area contributed by atoms with Crippen LogP contribution in [0, 0.1) is 0 Å². The molecule has 0 aromatic carbocycles. The Labute approximate surface area is 433 Å². The molecule has 0 bridgehead atoms. The Morgan fingerprint density at radius 3 is 0.871 bits per heavy atom. The maximum atomic E-state index is 12.8. The number of unbranched alkanes of at least 4 members (excludes halogenated alkanes) is 28. The lowest BCUT2D eigenvalue weighted by atomic mass is 10.0. The van der Waals surface area contributed by atoms with Gasteiger partial charge in [-0.15, -0.1) is 0 Å². The van der Waals surface area contributed by atoms with Crippen molar-refractivity contribution in [3.05, 3.63) is 85.1 Å². The summed E-state index contributed by atoms with van der Waals surface area (Å²) in [6.07, 6.45) is 76.1. The number of carbonyl (C=O) groups is 3. The zero-order valence-corrected chi connectivity index (χ0v) is 46.0. The third-order valence-corrected chi connectivity index (χ3v) is 12.6. The van der Waals surface area contributed by atoms with Crippen LogP contribution in [0.25, 0.3) is 0 Å². The van der Waals surface area contributed by atoms with Crippen LogP contribution in [0.5, 0.6) is 0 Å². The molecular formula is C64H110O6. The first kappa shape index (κ1) is 66.6. The molecule has 0 saturated carbocycles. The van der Waals surface area contributed by atoms with Crippen molar-refractivity contribution in [2.24, 2.45) is 0 Å². The smallest absolute Gasteiger partial charge is 0.306 e. The minimum Gasteiger partial charge on any atom is -0.462 e. The second-order valence-corrected chi connectivity index (χ2v) is 19.5. The minimum absolute atomic E-state index is 0.0816. The minimum atomic E-state index is -0.781. The quantitative estimate of drug-likeness (QED) is 0.0261. The highest BCUT2D eigenvalue weighted by molar-refractivity contribution is 5.71. The standard InChI is InChI=1S/C64H110O6/c1-4-7-10-13-16-18-20-22-24-26-28-30-31-32-33-35-36-38-40-42-44-46-48-51-54-57-63(66)69-60-61(59-68-62(65)56-53-50-15-12-9-6-3)70-64(67)58-55-52-49-47-45-43-41-39-37-34-29-27-25-23-21-19-17-14-11-8-5-2/h7,10,16,18,21-24,27-30,37,39,61H,4-6,8-9,11-15,17,19-20,25-26,31-36,38,40-60H2,1-3H3/b10-7-,18-16-,23-21-,24-22-,29-27-,30-28-,39-37-. The SMILES string of the molecule is CC/C=C\C/C=C\C/C=C\C/C=C\CCCCCCCCCCCCCCC(=O)OCC(COC(=O)CCCCCCCC)OC(=O)CCCCCCCC/C=C\C/C=C\C/C=C\CCCCCCC. The molecule has 0 aliphatic rings. The van der Waals surface area contributed by atoms with Crippen LogP contribution in [0.15, 0.2) is 85.1 Å². The van der Waals surface area contributed by atoms with E-state index in [2.05, 4.69) is 106 Å². The van der Waals surface area contributed by atoms with Gasteiger partial charge >= 0.3 is 17.9 Å². The van der Waals surface area contributed by atoms with E-state index >= 15 is 0 Å². The van der Waals surface area contributed by atoms with Gasteiger partial charge in [0.15, 0.2) is 6.10 Å². The largest absolute Gasteiger partial charge is 0.462 e. The Hall–Kier alpha value is -3.41. The molecule has 0 aromatic rings. The highest BCUT2D eigenvalue weighted by Gasteiger charge is 2.19. The highest BCUT2D eigenvalue weighted by atomic mass is 16.6. The fourth-order valence-electron chi connectivity index (χ4n) is 8.21. The van der Waals surface area contributed by atoms with E-state index in [-0.39, 0.29) is 31.1 Å². The van der Waals surface area contributed by atoms with Crippen molar-refractivity contribution in [2.75, 3.05) is 13.2 Å². The van der Waals surface area contributed by atoms with E-state index < -0.39 is 6.10 Å². The van der Waals surface area contributed by atoms with Gasteiger partial charge in [-0.05, 0) is 96.3 Å². The van der Waals surface area contributed by atoms with Crippen LogP contribution in [-0.2, 0) is 28.6 Å². The third kappa shape index (κ3) is 55.5. The number of esters is 3. The normalized spacial score (nSPS) is 12.7. The predicted octanol–water partition coefficient (Wildman–Crippen LogP) is 19.9. The maximum Gasteiger partial charge on any atom is 0.306 e. The van der Waals surface area contributed by atoms with Gasteiger partial charge in [0.05, 0.1) is 0 Å². The van der Waals surface area contributed by atoms with Gasteiger partial charge in [-0.2, -0.15) is 0 Å². The van der Waals surface area contributed by atoms with Crippen LogP contribution in [0.4, 0.5) is 0 Å². The Morgan fingerprint density at radius 1 is 0.300 bits per heavy atom. The third-order valence-electron chi connectivity index (χ3n) is 12.6. The average Bonchev–Trinajstić information content (AvgIpc) is 3.36. The van der Waals surface area contributed by atoms with Gasteiger partial charge in [-0.25, -0.2) is 0 Å². The van der Waals surface area contributed by atoms with E-state index in [4.69, 9.17) is 14.2 Å². The van der Waals surface area contributed by atoms with Crippen molar-refractivity contribution >= 4 is 17.9 Å². The molecule has 0 aliphatic heterocycles. The molecule has 0 aliphatic carbocycles. The van der Waals surface area contributed by atoms with Crippen LogP contribution in [-0.4, -0.2) is 37.2 Å². The number of hydrogen-bond donors (Lipinski definition) is 0. The second kappa shape index (κ2) is 58.2. The molecule has 6 nitrogen and oxygen atoms in total. The van der Waals surface area contributed by atoms with Crippen molar-refractivity contribution < 1.29 is 28.6 Å². The summed E-state index contributed by atoms with van der Waals surface area (Å²) in [6.45, 7) is 6.46. The fourth-order valence-corrected chi connectivity index (χ4v) is 8.21. The molecule has 0 rings (SSSR count). The molecule has 0 saturated heterocycles. The van der Waals surface area contributed by atoms with Crippen molar-refractivity contribution in [3.8, 4) is 0 Å². The lowest BCUT2D eigenvalue weighted by Crippen LogP contribution is -2.30. The Bertz CT molecular complexity index is 1350. The average molecular weight is 976 g/mol. The number of allylic oxidation sites excluding steroid dienone is 14. The first-order chi connectivity index (χ1) is 34.5. The Morgan fingerprint density at radius 2 is 0.557 bits per heavy atom. The molecular weight excluding hydrogens is 865 g/mol. The van der Waals surface area contributed by atoms with Gasteiger partial charge in [0.25, 0.3) is 0 Å². The summed E-state index contributed by atoms with van der Waals surface area (Å²) in [5, 5.41) is 0.